The number of carbonyl (C=O) groups excluding carboxylic acids is 4. The van der Waals surface area contributed by atoms with Gasteiger partial charge in [0.1, 0.15) is 11.8 Å². The van der Waals surface area contributed by atoms with E-state index in [1.165, 1.54) is 7.11 Å². The van der Waals surface area contributed by atoms with Crippen LogP contribution >= 0.6 is 23.4 Å². The molecule has 1 N–H and O–H groups in total. The SMILES string of the molecule is COC(=O)CC1SC(=O)N(CC(=O)Nc2ccc(Cl)cc2)C1=O. The highest BCUT2D eigenvalue weighted by molar-refractivity contribution is 8.15. The van der Waals surface area contributed by atoms with Crippen molar-refractivity contribution in [3.63, 3.8) is 0 Å². The van der Waals surface area contributed by atoms with Gasteiger partial charge in [0, 0.05) is 10.7 Å². The number of hydrogen-bond acceptors (Lipinski definition) is 6. The molecule has 0 aliphatic carbocycles. The first-order valence-electron chi connectivity index (χ1n) is 6.55. The predicted molar refractivity (Wildman–Crippen MR) is 85.2 cm³/mol. The number of thioether (sulfide) groups is 1. The Bertz CT molecular complexity index is 649. The summed E-state index contributed by atoms with van der Waals surface area (Å²) in [6, 6.07) is 6.41. The number of halogens is 1. The lowest BCUT2D eigenvalue weighted by molar-refractivity contribution is -0.142. The third-order valence-corrected chi connectivity index (χ3v) is 4.34. The van der Waals surface area contributed by atoms with Gasteiger partial charge >= 0.3 is 5.97 Å². The minimum absolute atomic E-state index is 0.207. The second kappa shape index (κ2) is 7.47. The molecule has 0 bridgehead atoms. The fourth-order valence-electron chi connectivity index (χ4n) is 1.88. The normalized spacial score (nSPS) is 17.3. The van der Waals surface area contributed by atoms with E-state index in [0.29, 0.717) is 22.5 Å². The average Bonchev–Trinajstić information content (AvgIpc) is 2.77. The van der Waals surface area contributed by atoms with Crippen LogP contribution in [0.25, 0.3) is 0 Å². The Morgan fingerprint density at radius 1 is 1.30 bits per heavy atom. The molecule has 1 saturated heterocycles. The third kappa shape index (κ3) is 4.46. The molecule has 3 amide bonds. The number of nitrogens with one attached hydrogen (secondary N) is 1. The van der Waals surface area contributed by atoms with E-state index in [0.717, 1.165) is 4.90 Å². The van der Waals surface area contributed by atoms with Gasteiger partial charge in [-0.2, -0.15) is 0 Å². The van der Waals surface area contributed by atoms with E-state index < -0.39 is 34.8 Å². The van der Waals surface area contributed by atoms with Gasteiger partial charge in [-0.25, -0.2) is 0 Å². The summed E-state index contributed by atoms with van der Waals surface area (Å²) in [5.41, 5.74) is 0.497. The Morgan fingerprint density at radius 3 is 2.57 bits per heavy atom. The first-order valence-corrected chi connectivity index (χ1v) is 7.80. The first-order chi connectivity index (χ1) is 10.9. The van der Waals surface area contributed by atoms with Crippen molar-refractivity contribution in [2.24, 2.45) is 0 Å². The smallest absolute Gasteiger partial charge is 0.307 e. The van der Waals surface area contributed by atoms with Crippen molar-refractivity contribution in [1.29, 1.82) is 0 Å². The molecule has 122 valence electrons. The van der Waals surface area contributed by atoms with Crippen LogP contribution in [0.15, 0.2) is 24.3 Å². The van der Waals surface area contributed by atoms with Crippen molar-refractivity contribution in [2.45, 2.75) is 11.7 Å². The minimum Gasteiger partial charge on any atom is -0.469 e. The van der Waals surface area contributed by atoms with Gasteiger partial charge in [-0.05, 0) is 24.3 Å². The molecule has 23 heavy (non-hydrogen) atoms. The number of ether oxygens (including phenoxy) is 1. The highest BCUT2D eigenvalue weighted by Crippen LogP contribution is 2.29. The maximum absolute atomic E-state index is 12.1. The number of amides is 3. The summed E-state index contributed by atoms with van der Waals surface area (Å²) in [5.74, 6) is -1.68. The van der Waals surface area contributed by atoms with Crippen molar-refractivity contribution >= 4 is 52.1 Å². The molecule has 0 aromatic heterocycles. The summed E-state index contributed by atoms with van der Waals surface area (Å²) in [7, 11) is 1.20. The topological polar surface area (TPSA) is 92.8 Å². The summed E-state index contributed by atoms with van der Waals surface area (Å²) in [6.45, 7) is -0.412. The standard InChI is InChI=1S/C14H13ClN2O5S/c1-22-12(19)6-10-13(20)17(14(21)23-10)7-11(18)16-9-4-2-8(15)3-5-9/h2-5,10H,6-7H2,1H3,(H,16,18). The molecule has 1 fully saturated rings. The summed E-state index contributed by atoms with van der Waals surface area (Å²) in [4.78, 5) is 47.9. The number of rotatable bonds is 5. The summed E-state index contributed by atoms with van der Waals surface area (Å²) >= 11 is 6.46. The van der Waals surface area contributed by atoms with Gasteiger partial charge in [-0.15, -0.1) is 0 Å². The molecule has 1 aromatic rings. The lowest BCUT2D eigenvalue weighted by Gasteiger charge is -2.13. The molecule has 0 spiro atoms. The highest BCUT2D eigenvalue weighted by atomic mass is 35.5. The molecule has 7 nitrogen and oxygen atoms in total. The molecular weight excluding hydrogens is 344 g/mol. The number of anilines is 1. The molecule has 1 atom stereocenters. The van der Waals surface area contributed by atoms with Gasteiger partial charge in [0.25, 0.3) is 5.24 Å². The van der Waals surface area contributed by atoms with E-state index in [1.54, 1.807) is 24.3 Å². The third-order valence-electron chi connectivity index (χ3n) is 3.01. The summed E-state index contributed by atoms with van der Waals surface area (Å²) < 4.78 is 4.48. The number of esters is 1. The van der Waals surface area contributed by atoms with Gasteiger partial charge in [0.05, 0.1) is 13.5 Å². The highest BCUT2D eigenvalue weighted by Gasteiger charge is 2.41. The Balaban J connectivity index is 1.95. The quantitative estimate of drug-likeness (QED) is 0.810. The molecule has 1 heterocycles. The Kier molecular flexibility index (Phi) is 5.62. The zero-order valence-electron chi connectivity index (χ0n) is 12.1. The number of benzene rings is 1. The monoisotopic (exact) mass is 356 g/mol. The van der Waals surface area contributed by atoms with E-state index >= 15 is 0 Å². The van der Waals surface area contributed by atoms with Gasteiger partial charge in [-0.3, -0.25) is 24.1 Å². The van der Waals surface area contributed by atoms with Crippen LogP contribution in [0.1, 0.15) is 6.42 Å². The van der Waals surface area contributed by atoms with Crippen LogP contribution in [0.5, 0.6) is 0 Å². The molecule has 1 unspecified atom stereocenters. The zero-order chi connectivity index (χ0) is 17.0. The molecule has 9 heteroatoms. The molecule has 1 aromatic carbocycles. The fourth-order valence-corrected chi connectivity index (χ4v) is 2.98. The Morgan fingerprint density at radius 2 is 1.96 bits per heavy atom. The maximum atomic E-state index is 12.1. The summed E-state index contributed by atoms with van der Waals surface area (Å²) in [5, 5.41) is 1.67. The van der Waals surface area contributed by atoms with Crippen LogP contribution in [0.3, 0.4) is 0 Å². The lowest BCUT2D eigenvalue weighted by atomic mass is 10.2. The second-order valence-electron chi connectivity index (χ2n) is 4.63. The fraction of sp³-hybridized carbons (Fsp3) is 0.286. The summed E-state index contributed by atoms with van der Waals surface area (Å²) in [6.07, 6.45) is -0.207. The number of nitrogens with zero attached hydrogens (tertiary/aromatic N) is 1. The molecule has 0 radical (unpaired) electrons. The van der Waals surface area contributed by atoms with Crippen molar-refractivity contribution in [2.75, 3.05) is 19.0 Å². The number of hydrogen-bond donors (Lipinski definition) is 1. The zero-order valence-corrected chi connectivity index (χ0v) is 13.6. The van der Waals surface area contributed by atoms with Crippen molar-refractivity contribution < 1.29 is 23.9 Å². The number of methoxy groups -OCH3 is 1. The Labute approximate surface area is 141 Å². The largest absolute Gasteiger partial charge is 0.469 e. The van der Waals surface area contributed by atoms with Gasteiger partial charge < -0.3 is 10.1 Å². The van der Waals surface area contributed by atoms with Gasteiger partial charge in [0.15, 0.2) is 0 Å². The van der Waals surface area contributed by atoms with E-state index in [-0.39, 0.29) is 6.42 Å². The molecular formula is C14H13ClN2O5S. The van der Waals surface area contributed by atoms with E-state index in [4.69, 9.17) is 11.6 Å². The van der Waals surface area contributed by atoms with Crippen LogP contribution in [0.2, 0.25) is 5.02 Å². The average molecular weight is 357 g/mol. The van der Waals surface area contributed by atoms with Crippen LogP contribution in [-0.2, 0) is 19.1 Å². The van der Waals surface area contributed by atoms with Gasteiger partial charge in [-0.1, -0.05) is 23.4 Å². The molecule has 2 rings (SSSR count). The van der Waals surface area contributed by atoms with E-state index in [9.17, 15) is 19.2 Å². The molecule has 0 saturated carbocycles. The van der Waals surface area contributed by atoms with Crippen LogP contribution in [0, 0.1) is 0 Å². The number of carbonyl (C=O) groups is 4. The van der Waals surface area contributed by atoms with Gasteiger partial charge in [0.2, 0.25) is 11.8 Å². The number of imide groups is 1. The van der Waals surface area contributed by atoms with Crippen molar-refractivity contribution in [3.8, 4) is 0 Å². The lowest BCUT2D eigenvalue weighted by Crippen LogP contribution is -2.38. The van der Waals surface area contributed by atoms with Crippen LogP contribution < -0.4 is 5.32 Å². The van der Waals surface area contributed by atoms with Crippen molar-refractivity contribution in [3.05, 3.63) is 29.3 Å². The van der Waals surface area contributed by atoms with E-state index in [1.807, 2.05) is 0 Å². The predicted octanol–water partition coefficient (Wildman–Crippen LogP) is 1.91. The second-order valence-corrected chi connectivity index (χ2v) is 6.22. The van der Waals surface area contributed by atoms with Crippen molar-refractivity contribution in [1.82, 2.24) is 4.90 Å². The maximum Gasteiger partial charge on any atom is 0.307 e. The van der Waals surface area contributed by atoms with E-state index in [2.05, 4.69) is 10.1 Å². The van der Waals surface area contributed by atoms with Crippen LogP contribution in [-0.4, -0.2) is 46.8 Å². The first kappa shape index (κ1) is 17.3. The van der Waals surface area contributed by atoms with Crippen LogP contribution in [0.4, 0.5) is 10.5 Å². The minimum atomic E-state index is -0.849. The molecule has 1 aliphatic heterocycles. The Hall–Kier alpha value is -2.06. The molecule has 1 aliphatic rings.